The van der Waals surface area contributed by atoms with Crippen LogP contribution in [0.5, 0.6) is 0 Å². The summed E-state index contributed by atoms with van der Waals surface area (Å²) < 4.78 is 5.53. The number of benzene rings is 1. The van der Waals surface area contributed by atoms with Gasteiger partial charge < -0.3 is 9.42 Å². The normalized spacial score (nSPS) is 17.7. The summed E-state index contributed by atoms with van der Waals surface area (Å²) in [4.78, 5) is 18.9. The van der Waals surface area contributed by atoms with Gasteiger partial charge in [-0.1, -0.05) is 48.7 Å². The minimum absolute atomic E-state index is 0.148. The first-order valence-electron chi connectivity index (χ1n) is 9.35. The summed E-state index contributed by atoms with van der Waals surface area (Å²) in [6.45, 7) is 5.75. The van der Waals surface area contributed by atoms with Crippen LogP contribution >= 0.6 is 0 Å². The van der Waals surface area contributed by atoms with Gasteiger partial charge in [-0.3, -0.25) is 4.79 Å². The maximum absolute atomic E-state index is 12.4. The van der Waals surface area contributed by atoms with Crippen LogP contribution in [0.2, 0.25) is 0 Å². The van der Waals surface area contributed by atoms with Crippen molar-refractivity contribution in [3.63, 3.8) is 0 Å². The monoisotopic (exact) mass is 341 g/mol. The van der Waals surface area contributed by atoms with Gasteiger partial charge in [0.1, 0.15) is 0 Å². The van der Waals surface area contributed by atoms with E-state index in [0.717, 1.165) is 44.2 Å². The molecule has 2 aromatic rings. The highest BCUT2D eigenvalue weighted by molar-refractivity contribution is 5.76. The smallest absolute Gasteiger partial charge is 0.231 e. The Labute approximate surface area is 149 Å². The highest BCUT2D eigenvalue weighted by atomic mass is 16.5. The third-order valence-electron chi connectivity index (χ3n) is 4.84. The molecule has 1 aliphatic rings. The first kappa shape index (κ1) is 17.6. The van der Waals surface area contributed by atoms with Crippen LogP contribution in [0.3, 0.4) is 0 Å². The Morgan fingerprint density at radius 3 is 3.04 bits per heavy atom. The Morgan fingerprint density at radius 2 is 2.24 bits per heavy atom. The molecule has 0 radical (unpaired) electrons. The number of nitrogens with zero attached hydrogens (tertiary/aromatic N) is 3. The molecule has 2 heterocycles. The van der Waals surface area contributed by atoms with Gasteiger partial charge in [0, 0.05) is 25.1 Å². The van der Waals surface area contributed by atoms with Crippen molar-refractivity contribution < 1.29 is 9.32 Å². The first-order valence-corrected chi connectivity index (χ1v) is 9.35. The number of aromatic nitrogens is 2. The molecule has 1 unspecified atom stereocenters. The first-order chi connectivity index (χ1) is 12.2. The van der Waals surface area contributed by atoms with Crippen molar-refractivity contribution in [1.29, 1.82) is 0 Å². The third kappa shape index (κ3) is 4.47. The molecule has 1 aromatic carbocycles. The Hall–Kier alpha value is -2.17. The van der Waals surface area contributed by atoms with Gasteiger partial charge in [-0.25, -0.2) is 0 Å². The van der Waals surface area contributed by atoms with Crippen LogP contribution in [-0.4, -0.2) is 34.0 Å². The van der Waals surface area contributed by atoms with Crippen LogP contribution in [0.15, 0.2) is 28.8 Å². The van der Waals surface area contributed by atoms with E-state index in [-0.39, 0.29) is 11.8 Å². The largest absolute Gasteiger partial charge is 0.342 e. The number of rotatable bonds is 6. The fraction of sp³-hybridized carbons (Fsp3) is 0.550. The van der Waals surface area contributed by atoms with E-state index < -0.39 is 0 Å². The Balaban J connectivity index is 1.65. The number of hydrogen-bond acceptors (Lipinski definition) is 4. The number of carbonyl (C=O) groups is 1. The third-order valence-corrected chi connectivity index (χ3v) is 4.84. The molecule has 25 heavy (non-hydrogen) atoms. The molecule has 0 spiro atoms. The van der Waals surface area contributed by atoms with Gasteiger partial charge in [-0.05, 0) is 32.3 Å². The van der Waals surface area contributed by atoms with Crippen molar-refractivity contribution in [2.45, 2.75) is 58.3 Å². The molecule has 1 aliphatic heterocycles. The van der Waals surface area contributed by atoms with Crippen molar-refractivity contribution in [2.75, 3.05) is 13.1 Å². The second-order valence-corrected chi connectivity index (χ2v) is 6.96. The van der Waals surface area contributed by atoms with E-state index in [1.165, 1.54) is 5.56 Å². The van der Waals surface area contributed by atoms with Crippen molar-refractivity contribution >= 4 is 5.91 Å². The highest BCUT2D eigenvalue weighted by Gasteiger charge is 2.28. The Morgan fingerprint density at radius 1 is 1.36 bits per heavy atom. The maximum atomic E-state index is 12.4. The zero-order valence-corrected chi connectivity index (χ0v) is 15.2. The number of unbranched alkanes of at least 4 members (excludes halogenated alkanes) is 2. The Bertz CT molecular complexity index is 710. The quantitative estimate of drug-likeness (QED) is 0.734. The minimum atomic E-state index is 0.148. The van der Waals surface area contributed by atoms with E-state index in [1.54, 1.807) is 0 Å². The summed E-state index contributed by atoms with van der Waals surface area (Å²) >= 11 is 0. The lowest BCUT2D eigenvalue weighted by atomic mass is 9.97. The van der Waals surface area contributed by atoms with Crippen LogP contribution in [0.25, 0.3) is 11.4 Å². The number of hydrogen-bond donors (Lipinski definition) is 0. The van der Waals surface area contributed by atoms with Gasteiger partial charge >= 0.3 is 0 Å². The van der Waals surface area contributed by atoms with E-state index in [1.807, 2.05) is 30.0 Å². The van der Waals surface area contributed by atoms with Crippen LogP contribution in [0.1, 0.15) is 62.8 Å². The zero-order valence-electron chi connectivity index (χ0n) is 15.2. The van der Waals surface area contributed by atoms with Crippen LogP contribution < -0.4 is 0 Å². The second-order valence-electron chi connectivity index (χ2n) is 6.96. The van der Waals surface area contributed by atoms with Crippen molar-refractivity contribution in [2.24, 2.45) is 0 Å². The molecule has 1 amide bonds. The van der Waals surface area contributed by atoms with E-state index in [4.69, 9.17) is 4.52 Å². The molecule has 3 rings (SSSR count). The fourth-order valence-electron chi connectivity index (χ4n) is 3.39. The van der Waals surface area contributed by atoms with Crippen molar-refractivity contribution in [3.05, 3.63) is 35.7 Å². The molecule has 0 saturated carbocycles. The van der Waals surface area contributed by atoms with E-state index in [0.29, 0.717) is 24.7 Å². The van der Waals surface area contributed by atoms with Gasteiger partial charge in [0.25, 0.3) is 0 Å². The summed E-state index contributed by atoms with van der Waals surface area (Å²) in [6, 6.07) is 8.09. The molecular formula is C20H27N3O2. The SMILES string of the molecule is CCCCCC(=O)N1CCCC(c2nc(-c3cccc(C)c3)no2)C1. The second kappa shape index (κ2) is 8.28. The van der Waals surface area contributed by atoms with E-state index in [9.17, 15) is 4.79 Å². The highest BCUT2D eigenvalue weighted by Crippen LogP contribution is 2.28. The topological polar surface area (TPSA) is 59.2 Å². The number of aryl methyl sites for hydroxylation is 1. The molecule has 0 bridgehead atoms. The molecular weight excluding hydrogens is 314 g/mol. The summed E-state index contributed by atoms with van der Waals surface area (Å²) in [6.07, 6.45) is 5.88. The predicted octanol–water partition coefficient (Wildman–Crippen LogP) is 4.33. The number of piperidine rings is 1. The average Bonchev–Trinajstić information content (AvgIpc) is 3.12. The van der Waals surface area contributed by atoms with Crippen LogP contribution in [0, 0.1) is 6.92 Å². The number of likely N-dealkylation sites (tertiary alicyclic amines) is 1. The number of amides is 1. The number of carbonyl (C=O) groups excluding carboxylic acids is 1. The standard InChI is InChI=1S/C20H27N3O2/c1-3-4-5-11-18(24)23-12-7-10-17(14-23)20-21-19(22-25-20)16-9-6-8-15(2)13-16/h6,8-9,13,17H,3-5,7,10-12,14H2,1-2H3. The molecule has 1 fully saturated rings. The van der Waals surface area contributed by atoms with Gasteiger partial charge in [0.15, 0.2) is 0 Å². The lowest BCUT2D eigenvalue weighted by molar-refractivity contribution is -0.132. The van der Waals surface area contributed by atoms with Crippen LogP contribution in [-0.2, 0) is 4.79 Å². The zero-order chi connectivity index (χ0) is 17.6. The summed E-state index contributed by atoms with van der Waals surface area (Å²) in [5.74, 6) is 1.69. The van der Waals surface area contributed by atoms with Crippen LogP contribution in [0.4, 0.5) is 0 Å². The summed E-state index contributed by atoms with van der Waals surface area (Å²) in [7, 11) is 0. The van der Waals surface area contributed by atoms with E-state index in [2.05, 4.69) is 23.1 Å². The lowest BCUT2D eigenvalue weighted by Gasteiger charge is -2.31. The molecule has 5 heteroatoms. The molecule has 1 aromatic heterocycles. The average molecular weight is 341 g/mol. The molecule has 1 saturated heterocycles. The van der Waals surface area contributed by atoms with Crippen molar-refractivity contribution in [1.82, 2.24) is 15.0 Å². The van der Waals surface area contributed by atoms with Gasteiger partial charge in [0.05, 0.1) is 5.92 Å². The Kier molecular flexibility index (Phi) is 5.84. The maximum Gasteiger partial charge on any atom is 0.231 e. The summed E-state index contributed by atoms with van der Waals surface area (Å²) in [5.41, 5.74) is 2.14. The van der Waals surface area contributed by atoms with E-state index >= 15 is 0 Å². The molecule has 0 aliphatic carbocycles. The van der Waals surface area contributed by atoms with Gasteiger partial charge in [-0.15, -0.1) is 0 Å². The summed E-state index contributed by atoms with van der Waals surface area (Å²) in [5, 5.41) is 4.14. The van der Waals surface area contributed by atoms with Crippen molar-refractivity contribution in [3.8, 4) is 11.4 Å². The fourth-order valence-corrected chi connectivity index (χ4v) is 3.39. The lowest BCUT2D eigenvalue weighted by Crippen LogP contribution is -2.39. The molecule has 0 N–H and O–H groups in total. The van der Waals surface area contributed by atoms with Gasteiger partial charge in [-0.2, -0.15) is 4.98 Å². The predicted molar refractivity (Wildman–Crippen MR) is 97.2 cm³/mol. The molecule has 134 valence electrons. The van der Waals surface area contributed by atoms with Gasteiger partial charge in [0.2, 0.25) is 17.6 Å². The molecule has 1 atom stereocenters. The molecule has 5 nitrogen and oxygen atoms in total. The minimum Gasteiger partial charge on any atom is -0.342 e.